The predicted molar refractivity (Wildman–Crippen MR) is 109 cm³/mol. The Labute approximate surface area is 167 Å². The number of benzene rings is 1. The minimum absolute atomic E-state index is 0.0441. The van der Waals surface area contributed by atoms with Crippen molar-refractivity contribution in [2.75, 3.05) is 13.1 Å². The van der Waals surface area contributed by atoms with Gasteiger partial charge in [0.15, 0.2) is 5.60 Å². The molecule has 1 N–H and O–H groups in total. The highest BCUT2D eigenvalue weighted by Gasteiger charge is 2.36. The molecule has 6 heteroatoms. The Morgan fingerprint density at radius 2 is 1.85 bits per heavy atom. The summed E-state index contributed by atoms with van der Waals surface area (Å²) in [5, 5.41) is 10.7. The Morgan fingerprint density at radius 1 is 1.22 bits per heavy atom. The van der Waals surface area contributed by atoms with Gasteiger partial charge in [0.25, 0.3) is 11.5 Å². The maximum Gasteiger partial charge on any atom is 0.256 e. The minimum Gasteiger partial charge on any atom is -0.378 e. The Hall–Kier alpha value is -1.92. The van der Waals surface area contributed by atoms with E-state index < -0.39 is 5.60 Å². The van der Waals surface area contributed by atoms with E-state index in [0.29, 0.717) is 19.0 Å². The van der Waals surface area contributed by atoms with Gasteiger partial charge in [-0.2, -0.15) is 0 Å². The first kappa shape index (κ1) is 19.8. The second-order valence-electron chi connectivity index (χ2n) is 7.56. The second kappa shape index (κ2) is 7.98. The summed E-state index contributed by atoms with van der Waals surface area (Å²) >= 11 is 3.45. The fourth-order valence-corrected chi connectivity index (χ4v) is 3.89. The predicted octanol–water partition coefficient (Wildman–Crippen LogP) is 3.08. The molecule has 144 valence electrons. The van der Waals surface area contributed by atoms with Crippen LogP contribution in [0.3, 0.4) is 0 Å². The number of hydrogen-bond donors (Lipinski definition) is 1. The number of hydrogen-bond acceptors (Lipinski definition) is 3. The van der Waals surface area contributed by atoms with Gasteiger partial charge in [-0.1, -0.05) is 28.1 Å². The van der Waals surface area contributed by atoms with Crippen molar-refractivity contribution in [2.45, 2.75) is 44.8 Å². The Bertz CT molecular complexity index is 866. The van der Waals surface area contributed by atoms with Crippen molar-refractivity contribution in [2.24, 2.45) is 0 Å². The van der Waals surface area contributed by atoms with Gasteiger partial charge in [0, 0.05) is 29.8 Å². The van der Waals surface area contributed by atoms with Gasteiger partial charge < -0.3 is 14.6 Å². The van der Waals surface area contributed by atoms with Crippen LogP contribution in [-0.2, 0) is 11.3 Å². The van der Waals surface area contributed by atoms with Crippen molar-refractivity contribution in [3.05, 3.63) is 68.5 Å². The number of aromatic nitrogens is 1. The van der Waals surface area contributed by atoms with Crippen LogP contribution in [0.4, 0.5) is 0 Å². The molecule has 27 heavy (non-hydrogen) atoms. The number of carbonyl (C=O) groups excluding carboxylic acids is 1. The lowest BCUT2D eigenvalue weighted by atomic mass is 9.89. The molecular formula is C21H25BrN2O3. The Morgan fingerprint density at radius 3 is 2.44 bits per heavy atom. The molecule has 1 aromatic heterocycles. The third-order valence-corrected chi connectivity index (χ3v) is 5.74. The van der Waals surface area contributed by atoms with E-state index in [2.05, 4.69) is 28.1 Å². The van der Waals surface area contributed by atoms with Gasteiger partial charge in [-0.15, -0.1) is 0 Å². The molecule has 1 unspecified atom stereocenters. The van der Waals surface area contributed by atoms with Crippen molar-refractivity contribution in [1.29, 1.82) is 0 Å². The van der Waals surface area contributed by atoms with Gasteiger partial charge in [-0.25, -0.2) is 0 Å². The second-order valence-corrected chi connectivity index (χ2v) is 8.48. The fourth-order valence-electron chi connectivity index (χ4n) is 3.63. The number of halogens is 1. The van der Waals surface area contributed by atoms with Crippen molar-refractivity contribution >= 4 is 21.8 Å². The van der Waals surface area contributed by atoms with E-state index in [1.54, 1.807) is 17.2 Å². The van der Waals surface area contributed by atoms with Gasteiger partial charge in [-0.05, 0) is 61.9 Å². The Balaban J connectivity index is 1.63. The zero-order chi connectivity index (χ0) is 19.6. The maximum absolute atomic E-state index is 12.8. The lowest BCUT2D eigenvalue weighted by molar-refractivity contribution is -0.152. The molecule has 3 rings (SSSR count). The van der Waals surface area contributed by atoms with Crippen LogP contribution in [0.25, 0.3) is 0 Å². The number of amides is 1. The van der Waals surface area contributed by atoms with Gasteiger partial charge >= 0.3 is 0 Å². The first-order chi connectivity index (χ1) is 12.8. The smallest absolute Gasteiger partial charge is 0.256 e. The van der Waals surface area contributed by atoms with Crippen LogP contribution < -0.4 is 5.56 Å². The zero-order valence-corrected chi connectivity index (χ0v) is 17.3. The lowest BCUT2D eigenvalue weighted by Crippen LogP contribution is -2.52. The van der Waals surface area contributed by atoms with Crippen LogP contribution in [0.15, 0.2) is 51.9 Å². The molecule has 1 atom stereocenters. The summed E-state index contributed by atoms with van der Waals surface area (Å²) in [6.07, 6.45) is 3.36. The molecule has 5 nitrogen and oxygen atoms in total. The van der Waals surface area contributed by atoms with Crippen LogP contribution in [0, 0.1) is 6.92 Å². The van der Waals surface area contributed by atoms with E-state index in [9.17, 15) is 14.7 Å². The molecule has 1 aliphatic heterocycles. The number of rotatable bonds is 4. The number of carbonyl (C=O) groups is 1. The molecule has 1 aliphatic rings. The van der Waals surface area contributed by atoms with Crippen molar-refractivity contribution in [3.8, 4) is 0 Å². The minimum atomic E-state index is -1.61. The van der Waals surface area contributed by atoms with Crippen molar-refractivity contribution in [1.82, 2.24) is 9.47 Å². The summed E-state index contributed by atoms with van der Waals surface area (Å²) in [5.74, 6) is 0.107. The maximum atomic E-state index is 12.8. The van der Waals surface area contributed by atoms with Gasteiger partial charge in [0.05, 0.1) is 6.54 Å². The molecule has 0 radical (unpaired) electrons. The van der Waals surface area contributed by atoms with E-state index in [1.807, 2.05) is 19.1 Å². The van der Waals surface area contributed by atoms with Crippen LogP contribution in [-0.4, -0.2) is 39.2 Å². The average molecular weight is 433 g/mol. The van der Waals surface area contributed by atoms with E-state index in [-0.39, 0.29) is 18.0 Å². The molecule has 1 aromatic carbocycles. The number of likely N-dealkylation sites (tertiary alicyclic amines) is 1. The topological polar surface area (TPSA) is 62.5 Å². The van der Waals surface area contributed by atoms with E-state index in [0.717, 1.165) is 22.9 Å². The summed E-state index contributed by atoms with van der Waals surface area (Å²) in [7, 11) is 0. The largest absolute Gasteiger partial charge is 0.378 e. The Kier molecular flexibility index (Phi) is 5.86. The normalized spacial score (nSPS) is 17.6. The summed E-state index contributed by atoms with van der Waals surface area (Å²) in [6, 6.07) is 11.6. The summed E-state index contributed by atoms with van der Waals surface area (Å²) in [6.45, 7) is 4.50. The van der Waals surface area contributed by atoms with Crippen LogP contribution in [0.5, 0.6) is 0 Å². The highest BCUT2D eigenvalue weighted by atomic mass is 79.9. The summed E-state index contributed by atoms with van der Waals surface area (Å²) in [5.41, 5.74) is 0.321. The monoisotopic (exact) mass is 432 g/mol. The molecule has 1 saturated heterocycles. The van der Waals surface area contributed by atoms with Crippen LogP contribution >= 0.6 is 15.9 Å². The number of aryl methyl sites for hydroxylation is 1. The molecular weight excluding hydrogens is 408 g/mol. The van der Waals surface area contributed by atoms with Crippen molar-refractivity contribution < 1.29 is 9.90 Å². The molecule has 1 fully saturated rings. The first-order valence-electron chi connectivity index (χ1n) is 9.20. The highest BCUT2D eigenvalue weighted by molar-refractivity contribution is 9.10. The zero-order valence-electron chi connectivity index (χ0n) is 15.7. The van der Waals surface area contributed by atoms with Crippen molar-refractivity contribution in [3.63, 3.8) is 0 Å². The molecule has 0 spiro atoms. The highest BCUT2D eigenvalue weighted by Crippen LogP contribution is 2.30. The van der Waals surface area contributed by atoms with Crippen LogP contribution in [0.1, 0.15) is 36.8 Å². The van der Waals surface area contributed by atoms with E-state index in [4.69, 9.17) is 0 Å². The number of nitrogens with zero attached hydrogens (tertiary/aromatic N) is 2. The molecule has 0 saturated carbocycles. The average Bonchev–Trinajstić information content (AvgIpc) is 2.64. The number of piperidine rings is 1. The van der Waals surface area contributed by atoms with Gasteiger partial charge in [0.1, 0.15) is 0 Å². The third-order valence-electron chi connectivity index (χ3n) is 5.21. The quantitative estimate of drug-likeness (QED) is 0.806. The fraction of sp³-hybridized carbons (Fsp3) is 0.429. The molecule has 0 aliphatic carbocycles. The van der Waals surface area contributed by atoms with Gasteiger partial charge in [0.2, 0.25) is 0 Å². The summed E-state index contributed by atoms with van der Waals surface area (Å²) < 4.78 is 2.45. The molecule has 0 bridgehead atoms. The number of aliphatic hydroxyl groups is 1. The van der Waals surface area contributed by atoms with E-state index >= 15 is 0 Å². The number of pyridine rings is 1. The summed E-state index contributed by atoms with van der Waals surface area (Å²) in [4.78, 5) is 26.6. The molecule has 2 aromatic rings. The molecule has 2 heterocycles. The third kappa shape index (κ3) is 4.68. The first-order valence-corrected chi connectivity index (χ1v) is 10.00. The lowest BCUT2D eigenvalue weighted by Gasteiger charge is -2.36. The SMILES string of the molecule is Cc1ccn(CC(C)(O)C(=O)N2CCC(c3ccc(Br)cc3)CC2)c(=O)c1. The van der Waals surface area contributed by atoms with Gasteiger partial charge in [-0.3, -0.25) is 9.59 Å². The standard InChI is InChI=1S/C21H25BrN2O3/c1-15-7-10-24(19(25)13-15)14-21(2,27)20(26)23-11-8-17(9-12-23)16-3-5-18(22)6-4-16/h3-7,10,13,17,27H,8-9,11-12,14H2,1-2H3. The van der Waals surface area contributed by atoms with Crippen LogP contribution in [0.2, 0.25) is 0 Å². The molecule has 1 amide bonds. The van der Waals surface area contributed by atoms with E-state index in [1.165, 1.54) is 23.1 Å².